The second-order valence-electron chi connectivity index (χ2n) is 4.60. The first-order valence-electron chi connectivity index (χ1n) is 6.59. The molecule has 0 saturated heterocycles. The fourth-order valence-electron chi connectivity index (χ4n) is 2.23. The number of nitrogens with zero attached hydrogens (tertiary/aromatic N) is 1. The Hall–Kier alpha value is -0.760. The molecule has 0 fully saturated rings. The molecule has 2 heteroatoms. The minimum atomic E-state index is 0.611. The highest BCUT2D eigenvalue weighted by molar-refractivity contribution is 5.09. The molecule has 2 nitrogen and oxygen atoms in total. The first-order valence-corrected chi connectivity index (χ1v) is 6.59. The van der Waals surface area contributed by atoms with Gasteiger partial charge in [0, 0.05) is 31.5 Å². The van der Waals surface area contributed by atoms with Crippen molar-refractivity contribution in [2.24, 2.45) is 5.92 Å². The first-order chi connectivity index (χ1) is 7.71. The fourth-order valence-corrected chi connectivity index (χ4v) is 2.23. The molecular formula is C14H26N2. The van der Waals surface area contributed by atoms with E-state index in [1.807, 2.05) is 0 Å². The maximum atomic E-state index is 3.62. The molecule has 0 saturated carbocycles. The van der Waals surface area contributed by atoms with Crippen LogP contribution in [0.4, 0.5) is 0 Å². The van der Waals surface area contributed by atoms with Crippen LogP contribution in [0.15, 0.2) is 18.5 Å². The molecule has 16 heavy (non-hydrogen) atoms. The highest BCUT2D eigenvalue weighted by Crippen LogP contribution is 2.13. The van der Waals surface area contributed by atoms with Crippen LogP contribution in [0.3, 0.4) is 0 Å². The monoisotopic (exact) mass is 222 g/mol. The van der Waals surface area contributed by atoms with Crippen LogP contribution >= 0.6 is 0 Å². The van der Waals surface area contributed by atoms with Gasteiger partial charge in [-0.1, -0.05) is 26.7 Å². The predicted molar refractivity (Wildman–Crippen MR) is 70.5 cm³/mol. The maximum Gasteiger partial charge on any atom is 0.0223 e. The van der Waals surface area contributed by atoms with Crippen molar-refractivity contribution in [1.29, 1.82) is 0 Å². The second-order valence-corrected chi connectivity index (χ2v) is 4.60. The summed E-state index contributed by atoms with van der Waals surface area (Å²) < 4.78 is 2.22. The third-order valence-corrected chi connectivity index (χ3v) is 3.56. The topological polar surface area (TPSA) is 17.0 Å². The van der Waals surface area contributed by atoms with Crippen molar-refractivity contribution in [1.82, 2.24) is 9.88 Å². The summed E-state index contributed by atoms with van der Waals surface area (Å²) in [7, 11) is 0. The number of aryl methyl sites for hydroxylation is 1. The smallest absolute Gasteiger partial charge is 0.0223 e. The first kappa shape index (κ1) is 13.3. The minimum Gasteiger partial charge on any atom is -0.354 e. The van der Waals surface area contributed by atoms with Crippen molar-refractivity contribution < 1.29 is 0 Å². The highest BCUT2D eigenvalue weighted by atomic mass is 14.9. The molecule has 0 spiro atoms. The van der Waals surface area contributed by atoms with Crippen LogP contribution < -0.4 is 5.32 Å². The Labute approximate surface area is 100 Å². The molecule has 1 rings (SSSR count). The van der Waals surface area contributed by atoms with Gasteiger partial charge in [0.25, 0.3) is 0 Å². The quantitative estimate of drug-likeness (QED) is 0.748. The van der Waals surface area contributed by atoms with Crippen molar-refractivity contribution in [3.05, 3.63) is 24.0 Å². The molecule has 1 heterocycles. The standard InChI is InChI=1S/C14H26N2/c1-5-14(6-2)12(4)15-10-13-8-9-16(7-3)11-13/h8-9,11-12,14-15H,5-7,10H2,1-4H3. The second kappa shape index (κ2) is 6.74. The molecular weight excluding hydrogens is 196 g/mol. The molecule has 1 unspecified atom stereocenters. The van der Waals surface area contributed by atoms with E-state index in [9.17, 15) is 0 Å². The Kier molecular flexibility index (Phi) is 5.61. The average Bonchev–Trinajstić information content (AvgIpc) is 2.76. The minimum absolute atomic E-state index is 0.611. The van der Waals surface area contributed by atoms with E-state index >= 15 is 0 Å². The number of nitrogens with one attached hydrogen (secondary N) is 1. The van der Waals surface area contributed by atoms with Crippen molar-refractivity contribution in [2.45, 2.75) is 59.7 Å². The van der Waals surface area contributed by atoms with Crippen LogP contribution in [0, 0.1) is 5.92 Å². The Morgan fingerprint density at radius 1 is 1.25 bits per heavy atom. The van der Waals surface area contributed by atoms with Crippen molar-refractivity contribution in [3.63, 3.8) is 0 Å². The van der Waals surface area contributed by atoms with Gasteiger partial charge in [-0.3, -0.25) is 0 Å². The molecule has 1 aromatic heterocycles. The van der Waals surface area contributed by atoms with E-state index < -0.39 is 0 Å². The Bertz CT molecular complexity index is 287. The molecule has 1 aromatic rings. The lowest BCUT2D eigenvalue weighted by Gasteiger charge is -2.22. The van der Waals surface area contributed by atoms with Gasteiger partial charge in [-0.05, 0) is 31.4 Å². The molecule has 0 aliphatic heterocycles. The number of aromatic nitrogens is 1. The summed E-state index contributed by atoms with van der Waals surface area (Å²) >= 11 is 0. The van der Waals surface area contributed by atoms with E-state index in [1.165, 1.54) is 18.4 Å². The van der Waals surface area contributed by atoms with Crippen LogP contribution in [0.1, 0.15) is 46.1 Å². The van der Waals surface area contributed by atoms with Gasteiger partial charge < -0.3 is 9.88 Å². The van der Waals surface area contributed by atoms with Crippen molar-refractivity contribution in [2.75, 3.05) is 0 Å². The zero-order valence-electron chi connectivity index (χ0n) is 11.2. The van der Waals surface area contributed by atoms with Gasteiger partial charge in [-0.25, -0.2) is 0 Å². The van der Waals surface area contributed by atoms with Gasteiger partial charge >= 0.3 is 0 Å². The normalized spacial score (nSPS) is 13.3. The Morgan fingerprint density at radius 2 is 1.94 bits per heavy atom. The SMILES string of the molecule is CCC(CC)C(C)NCc1ccn(CC)c1. The van der Waals surface area contributed by atoms with E-state index in [4.69, 9.17) is 0 Å². The summed E-state index contributed by atoms with van der Waals surface area (Å²) in [6, 6.07) is 2.82. The molecule has 1 N–H and O–H groups in total. The number of hydrogen-bond acceptors (Lipinski definition) is 1. The predicted octanol–water partition coefficient (Wildman–Crippen LogP) is 3.42. The summed E-state index contributed by atoms with van der Waals surface area (Å²) in [5.74, 6) is 0.799. The summed E-state index contributed by atoms with van der Waals surface area (Å²) in [6.45, 7) is 11.1. The molecule has 0 aliphatic rings. The maximum absolute atomic E-state index is 3.62. The van der Waals surface area contributed by atoms with Gasteiger partial charge in [0.2, 0.25) is 0 Å². The summed E-state index contributed by atoms with van der Waals surface area (Å²) in [5, 5.41) is 3.62. The lowest BCUT2D eigenvalue weighted by atomic mass is 9.95. The average molecular weight is 222 g/mol. The van der Waals surface area contributed by atoms with Crippen LogP contribution in [-0.4, -0.2) is 10.6 Å². The van der Waals surface area contributed by atoms with E-state index in [0.29, 0.717) is 6.04 Å². The molecule has 92 valence electrons. The third-order valence-electron chi connectivity index (χ3n) is 3.56. The number of hydrogen-bond donors (Lipinski definition) is 1. The summed E-state index contributed by atoms with van der Waals surface area (Å²) in [4.78, 5) is 0. The molecule has 0 aromatic carbocycles. The number of rotatable bonds is 7. The largest absolute Gasteiger partial charge is 0.354 e. The van der Waals surface area contributed by atoms with Gasteiger partial charge in [0.05, 0.1) is 0 Å². The van der Waals surface area contributed by atoms with Crippen LogP contribution in [-0.2, 0) is 13.1 Å². The molecule has 0 amide bonds. The van der Waals surface area contributed by atoms with E-state index in [-0.39, 0.29) is 0 Å². The molecule has 0 aliphatic carbocycles. The summed E-state index contributed by atoms with van der Waals surface area (Å²) in [5.41, 5.74) is 1.39. The van der Waals surface area contributed by atoms with Crippen LogP contribution in [0.25, 0.3) is 0 Å². The van der Waals surface area contributed by atoms with Gasteiger partial charge in [-0.15, -0.1) is 0 Å². The van der Waals surface area contributed by atoms with E-state index in [2.05, 4.69) is 56.0 Å². The van der Waals surface area contributed by atoms with Gasteiger partial charge in [0.1, 0.15) is 0 Å². The van der Waals surface area contributed by atoms with Gasteiger partial charge in [0.15, 0.2) is 0 Å². The highest BCUT2D eigenvalue weighted by Gasteiger charge is 2.12. The Morgan fingerprint density at radius 3 is 2.44 bits per heavy atom. The zero-order chi connectivity index (χ0) is 12.0. The van der Waals surface area contributed by atoms with Crippen LogP contribution in [0.2, 0.25) is 0 Å². The van der Waals surface area contributed by atoms with Crippen LogP contribution in [0.5, 0.6) is 0 Å². The van der Waals surface area contributed by atoms with E-state index in [0.717, 1.165) is 19.0 Å². The molecule has 0 bridgehead atoms. The van der Waals surface area contributed by atoms with Gasteiger partial charge in [-0.2, -0.15) is 0 Å². The molecule has 1 atom stereocenters. The summed E-state index contributed by atoms with van der Waals surface area (Å²) in [6.07, 6.45) is 6.91. The van der Waals surface area contributed by atoms with Crippen molar-refractivity contribution >= 4 is 0 Å². The van der Waals surface area contributed by atoms with E-state index in [1.54, 1.807) is 0 Å². The van der Waals surface area contributed by atoms with Crippen molar-refractivity contribution in [3.8, 4) is 0 Å². The fraction of sp³-hybridized carbons (Fsp3) is 0.714. The Balaban J connectivity index is 2.38. The lowest BCUT2D eigenvalue weighted by Crippen LogP contribution is -2.32. The third kappa shape index (κ3) is 3.67. The molecule has 0 radical (unpaired) electrons. The zero-order valence-corrected chi connectivity index (χ0v) is 11.2. The lowest BCUT2D eigenvalue weighted by molar-refractivity contribution is 0.353.